The maximum absolute atomic E-state index is 12.4. The maximum atomic E-state index is 12.4. The zero-order valence-corrected chi connectivity index (χ0v) is 13.2. The minimum atomic E-state index is -0.589. The van der Waals surface area contributed by atoms with Gasteiger partial charge >= 0.3 is 5.97 Å². The predicted octanol–water partition coefficient (Wildman–Crippen LogP) is 0.234. The van der Waals surface area contributed by atoms with Crippen molar-refractivity contribution in [3.8, 4) is 0 Å². The lowest BCUT2D eigenvalue weighted by Gasteiger charge is -2.21. The van der Waals surface area contributed by atoms with Crippen molar-refractivity contribution in [2.24, 2.45) is 5.92 Å². The molecule has 0 aliphatic carbocycles. The number of hydroxylamine groups is 2. The number of rotatable bonds is 2. The lowest BCUT2D eigenvalue weighted by Crippen LogP contribution is -2.40. The molecule has 0 unspecified atom stereocenters. The highest BCUT2D eigenvalue weighted by molar-refractivity contribution is 6.20. The van der Waals surface area contributed by atoms with Crippen LogP contribution in [0.15, 0.2) is 24.3 Å². The smallest absolute Gasteiger partial charge is 0.329 e. The van der Waals surface area contributed by atoms with Gasteiger partial charge in [0.2, 0.25) is 0 Å². The molecule has 2 aliphatic heterocycles. The van der Waals surface area contributed by atoms with Crippen molar-refractivity contribution in [1.82, 2.24) is 14.9 Å². The van der Waals surface area contributed by atoms with E-state index in [1.54, 1.807) is 24.3 Å². The van der Waals surface area contributed by atoms with E-state index >= 15 is 0 Å². The van der Waals surface area contributed by atoms with Gasteiger partial charge in [0, 0.05) is 26.2 Å². The fourth-order valence-electron chi connectivity index (χ4n) is 2.90. The van der Waals surface area contributed by atoms with Gasteiger partial charge in [-0.3, -0.25) is 9.59 Å². The van der Waals surface area contributed by atoms with Gasteiger partial charge in [0.15, 0.2) is 0 Å². The second kappa shape index (κ2) is 6.10. The number of hydrogen-bond donors (Lipinski definition) is 0. The fraction of sp³-hybridized carbons (Fsp3) is 0.438. The van der Waals surface area contributed by atoms with E-state index in [1.165, 1.54) is 0 Å². The molecule has 0 saturated carbocycles. The molecule has 7 heteroatoms. The van der Waals surface area contributed by atoms with E-state index in [4.69, 9.17) is 4.84 Å². The van der Waals surface area contributed by atoms with E-state index in [1.807, 2.05) is 23.9 Å². The Morgan fingerprint density at radius 1 is 1.00 bits per heavy atom. The Morgan fingerprint density at radius 2 is 1.48 bits per heavy atom. The molecule has 1 aromatic carbocycles. The summed E-state index contributed by atoms with van der Waals surface area (Å²) in [4.78, 5) is 46.1. The van der Waals surface area contributed by atoms with Crippen LogP contribution in [0.2, 0.25) is 0 Å². The third-order valence-electron chi connectivity index (χ3n) is 4.20. The summed E-state index contributed by atoms with van der Waals surface area (Å²) in [5, 5.41) is 0.581. The molecule has 2 aliphatic rings. The molecule has 0 N–H and O–H groups in total. The van der Waals surface area contributed by atoms with Crippen LogP contribution in [0.4, 0.5) is 0 Å². The van der Waals surface area contributed by atoms with Crippen LogP contribution in [-0.2, 0) is 9.63 Å². The van der Waals surface area contributed by atoms with Crippen molar-refractivity contribution in [3.63, 3.8) is 0 Å². The first kappa shape index (κ1) is 15.6. The minimum Gasteiger partial charge on any atom is -0.329 e. The number of hydrogen-bond acceptors (Lipinski definition) is 6. The Kier molecular flexibility index (Phi) is 4.14. The number of carbonyl (C=O) groups is 3. The van der Waals surface area contributed by atoms with Gasteiger partial charge in [-0.05, 0) is 26.2 Å². The summed E-state index contributed by atoms with van der Waals surface area (Å²) in [5.74, 6) is -2.14. The summed E-state index contributed by atoms with van der Waals surface area (Å²) < 4.78 is 0. The molecular weight excluding hydrogens is 298 g/mol. The first-order chi connectivity index (χ1) is 11.0. The summed E-state index contributed by atoms with van der Waals surface area (Å²) in [6.07, 6.45) is 0. The molecule has 0 atom stereocenters. The Hall–Kier alpha value is -2.25. The Labute approximate surface area is 134 Å². The molecule has 3 rings (SSSR count). The highest BCUT2D eigenvalue weighted by Crippen LogP contribution is 2.23. The van der Waals surface area contributed by atoms with Gasteiger partial charge in [0.05, 0.1) is 17.0 Å². The fourth-order valence-corrected chi connectivity index (χ4v) is 2.90. The summed E-state index contributed by atoms with van der Waals surface area (Å²) in [7, 11) is 3.86. The molecule has 1 saturated heterocycles. The topological polar surface area (TPSA) is 70.2 Å². The van der Waals surface area contributed by atoms with Crippen molar-refractivity contribution in [3.05, 3.63) is 35.4 Å². The van der Waals surface area contributed by atoms with Crippen LogP contribution in [0.3, 0.4) is 0 Å². The van der Waals surface area contributed by atoms with Crippen LogP contribution >= 0.6 is 0 Å². The van der Waals surface area contributed by atoms with Crippen molar-refractivity contribution in [1.29, 1.82) is 0 Å². The van der Waals surface area contributed by atoms with Crippen LogP contribution in [0.1, 0.15) is 20.7 Å². The van der Waals surface area contributed by atoms with Crippen molar-refractivity contribution in [2.75, 3.05) is 40.3 Å². The molecule has 122 valence electrons. The molecule has 7 nitrogen and oxygen atoms in total. The van der Waals surface area contributed by atoms with E-state index in [2.05, 4.69) is 0 Å². The molecule has 23 heavy (non-hydrogen) atoms. The number of fused-ring (bicyclic) bond motifs is 1. The highest BCUT2D eigenvalue weighted by atomic mass is 16.7. The Bertz CT molecular complexity index is 613. The second-order valence-corrected chi connectivity index (χ2v) is 6.08. The van der Waals surface area contributed by atoms with E-state index in [0.717, 1.165) is 13.1 Å². The normalized spacial score (nSPS) is 20.5. The number of carbonyl (C=O) groups excluding carboxylic acids is 3. The van der Waals surface area contributed by atoms with Crippen LogP contribution in [0.5, 0.6) is 0 Å². The van der Waals surface area contributed by atoms with E-state index in [-0.39, 0.29) is 11.1 Å². The van der Waals surface area contributed by atoms with Gasteiger partial charge in [-0.15, -0.1) is 0 Å². The molecule has 2 heterocycles. The van der Waals surface area contributed by atoms with Gasteiger partial charge in [0.1, 0.15) is 0 Å². The molecule has 0 bridgehead atoms. The van der Waals surface area contributed by atoms with Gasteiger partial charge in [-0.2, -0.15) is 0 Å². The third-order valence-corrected chi connectivity index (χ3v) is 4.20. The quantitative estimate of drug-likeness (QED) is 0.728. The van der Waals surface area contributed by atoms with Crippen molar-refractivity contribution in [2.45, 2.75) is 0 Å². The van der Waals surface area contributed by atoms with Crippen LogP contribution in [0.25, 0.3) is 0 Å². The van der Waals surface area contributed by atoms with E-state index in [0.29, 0.717) is 18.2 Å². The molecular formula is C16H19N3O4. The Morgan fingerprint density at radius 3 is 1.96 bits per heavy atom. The highest BCUT2D eigenvalue weighted by Gasteiger charge is 2.40. The number of imide groups is 1. The van der Waals surface area contributed by atoms with Gasteiger partial charge in [0.25, 0.3) is 11.8 Å². The first-order valence-corrected chi connectivity index (χ1v) is 7.54. The lowest BCUT2D eigenvalue weighted by molar-refractivity contribution is -0.174. The average molecular weight is 317 g/mol. The first-order valence-electron chi connectivity index (χ1n) is 7.54. The van der Waals surface area contributed by atoms with Crippen molar-refractivity contribution < 1.29 is 19.2 Å². The summed E-state index contributed by atoms with van der Waals surface area (Å²) in [6.45, 7) is 2.78. The van der Waals surface area contributed by atoms with Crippen LogP contribution in [0, 0.1) is 5.92 Å². The SMILES string of the molecule is CN1CCN(C)CC(C(=O)ON2C(=O)c3ccccc3C2=O)C1. The average Bonchev–Trinajstić information content (AvgIpc) is 2.67. The third kappa shape index (κ3) is 2.97. The molecule has 0 spiro atoms. The zero-order chi connectivity index (χ0) is 16.6. The minimum absolute atomic E-state index is 0.264. The summed E-state index contributed by atoms with van der Waals surface area (Å²) >= 11 is 0. The molecule has 1 aromatic rings. The number of likely N-dealkylation sites (N-methyl/N-ethyl adjacent to an activating group) is 2. The number of nitrogens with zero attached hydrogens (tertiary/aromatic N) is 3. The van der Waals surface area contributed by atoms with Crippen LogP contribution in [-0.4, -0.2) is 72.9 Å². The molecule has 2 amide bonds. The molecule has 0 radical (unpaired) electrons. The zero-order valence-electron chi connectivity index (χ0n) is 13.2. The van der Waals surface area contributed by atoms with Gasteiger partial charge < -0.3 is 14.6 Å². The largest absolute Gasteiger partial charge is 0.338 e. The maximum Gasteiger partial charge on any atom is 0.338 e. The van der Waals surface area contributed by atoms with Crippen molar-refractivity contribution >= 4 is 17.8 Å². The number of benzene rings is 1. The Balaban J connectivity index is 1.73. The van der Waals surface area contributed by atoms with E-state index in [9.17, 15) is 14.4 Å². The lowest BCUT2D eigenvalue weighted by atomic mass is 10.1. The summed E-state index contributed by atoms with van der Waals surface area (Å²) in [6, 6.07) is 6.45. The van der Waals surface area contributed by atoms with Gasteiger partial charge in [-0.1, -0.05) is 17.2 Å². The number of amides is 2. The molecule has 1 fully saturated rings. The molecule has 0 aromatic heterocycles. The van der Waals surface area contributed by atoms with Gasteiger partial charge in [-0.25, -0.2) is 4.79 Å². The standard InChI is InChI=1S/C16H19N3O4/c1-17-7-8-18(2)10-11(9-17)16(22)23-19-14(20)12-5-3-4-6-13(12)15(19)21/h3-6,11H,7-10H2,1-2H3. The monoisotopic (exact) mass is 317 g/mol. The summed E-state index contributed by atoms with van der Waals surface area (Å²) in [5.41, 5.74) is 0.529. The van der Waals surface area contributed by atoms with Crippen LogP contribution < -0.4 is 0 Å². The predicted molar refractivity (Wildman–Crippen MR) is 81.5 cm³/mol. The van der Waals surface area contributed by atoms with E-state index < -0.39 is 23.7 Å². The second-order valence-electron chi connectivity index (χ2n) is 6.08.